The van der Waals surface area contributed by atoms with Gasteiger partial charge in [-0.1, -0.05) is 78.9 Å². The Bertz CT molecular complexity index is 1140. The molecule has 1 fully saturated rings. The lowest BCUT2D eigenvalue weighted by Crippen LogP contribution is -2.38. The van der Waals surface area contributed by atoms with Crippen LogP contribution in [0.15, 0.2) is 97.1 Å². The summed E-state index contributed by atoms with van der Waals surface area (Å²) < 4.78 is 0. The summed E-state index contributed by atoms with van der Waals surface area (Å²) in [6, 6.07) is 27.1. The fourth-order valence-electron chi connectivity index (χ4n) is 4.53. The average molecular weight is 497 g/mol. The van der Waals surface area contributed by atoms with Crippen molar-refractivity contribution in [2.24, 2.45) is 0 Å². The average Bonchev–Trinajstić information content (AvgIpc) is 3.45. The molecule has 0 aromatic heterocycles. The normalized spacial score (nSPS) is 14.4. The molecule has 0 saturated carbocycles. The number of urea groups is 1. The first kappa shape index (κ1) is 26.2. The molecule has 192 valence electrons. The molecule has 3 amide bonds. The highest BCUT2D eigenvalue weighted by molar-refractivity contribution is 5.90. The first-order valence-electron chi connectivity index (χ1n) is 13.1. The lowest BCUT2D eigenvalue weighted by atomic mass is 10.1. The Hall–Kier alpha value is -3.90. The van der Waals surface area contributed by atoms with Gasteiger partial charge in [0.2, 0.25) is 5.91 Å². The molecule has 3 aromatic carbocycles. The Morgan fingerprint density at radius 3 is 2.19 bits per heavy atom. The molecular formula is C31H36N4O2. The van der Waals surface area contributed by atoms with Gasteiger partial charge in [0.15, 0.2) is 0 Å². The second-order valence-corrected chi connectivity index (χ2v) is 9.39. The molecule has 6 nitrogen and oxygen atoms in total. The first-order chi connectivity index (χ1) is 18.2. The Labute approximate surface area is 219 Å². The topological polar surface area (TPSA) is 73.5 Å². The molecule has 1 atom stereocenters. The van der Waals surface area contributed by atoms with E-state index in [0.29, 0.717) is 18.7 Å². The molecule has 0 aliphatic carbocycles. The van der Waals surface area contributed by atoms with Gasteiger partial charge in [0.25, 0.3) is 0 Å². The van der Waals surface area contributed by atoms with Crippen molar-refractivity contribution < 1.29 is 9.59 Å². The van der Waals surface area contributed by atoms with Crippen molar-refractivity contribution in [3.05, 3.63) is 103 Å². The summed E-state index contributed by atoms with van der Waals surface area (Å²) in [5, 5.41) is 8.86. The van der Waals surface area contributed by atoms with Crippen LogP contribution < -0.4 is 16.0 Å². The fraction of sp³-hybridized carbons (Fsp3) is 0.290. The number of benzene rings is 3. The largest absolute Gasteiger partial charge is 0.353 e. The van der Waals surface area contributed by atoms with Crippen molar-refractivity contribution >= 4 is 17.6 Å². The zero-order chi connectivity index (χ0) is 25.7. The molecule has 4 rings (SSSR count). The molecule has 1 saturated heterocycles. The van der Waals surface area contributed by atoms with Crippen LogP contribution in [0.3, 0.4) is 0 Å². The molecular weight excluding hydrogens is 460 g/mol. The van der Waals surface area contributed by atoms with Crippen molar-refractivity contribution in [1.29, 1.82) is 0 Å². The van der Waals surface area contributed by atoms with Crippen LogP contribution in [0, 0.1) is 0 Å². The molecule has 0 radical (unpaired) electrons. The summed E-state index contributed by atoms with van der Waals surface area (Å²) in [6.45, 7) is 4.00. The van der Waals surface area contributed by atoms with Crippen molar-refractivity contribution in [3.63, 3.8) is 0 Å². The van der Waals surface area contributed by atoms with Gasteiger partial charge >= 0.3 is 6.03 Å². The molecule has 3 aromatic rings. The van der Waals surface area contributed by atoms with Gasteiger partial charge in [0.05, 0.1) is 6.04 Å². The predicted octanol–water partition coefficient (Wildman–Crippen LogP) is 5.24. The van der Waals surface area contributed by atoms with Gasteiger partial charge in [0, 0.05) is 18.3 Å². The molecule has 3 N–H and O–H groups in total. The van der Waals surface area contributed by atoms with E-state index in [0.717, 1.165) is 29.7 Å². The third kappa shape index (κ3) is 8.92. The van der Waals surface area contributed by atoms with E-state index < -0.39 is 0 Å². The number of carbonyl (C=O) groups is 2. The number of anilines is 1. The fourth-order valence-corrected chi connectivity index (χ4v) is 4.53. The van der Waals surface area contributed by atoms with Crippen molar-refractivity contribution in [2.75, 3.05) is 31.5 Å². The number of rotatable bonds is 11. The quantitative estimate of drug-likeness (QED) is 0.251. The SMILES string of the molecule is O=C(C=C[C@H](Cc1ccccc1)NC(=O)Nc1ccc(-c2ccccc2)cc1)NCCCN1CCCC1. The van der Waals surface area contributed by atoms with Gasteiger partial charge in [-0.2, -0.15) is 0 Å². The highest BCUT2D eigenvalue weighted by atomic mass is 16.2. The summed E-state index contributed by atoms with van der Waals surface area (Å²) in [7, 11) is 0. The number of hydrogen-bond donors (Lipinski definition) is 3. The number of nitrogens with one attached hydrogen (secondary N) is 3. The van der Waals surface area contributed by atoms with Gasteiger partial charge in [-0.25, -0.2) is 4.79 Å². The van der Waals surface area contributed by atoms with Crippen molar-refractivity contribution in [3.8, 4) is 11.1 Å². The Morgan fingerprint density at radius 2 is 1.49 bits per heavy atom. The molecule has 1 aliphatic rings. The minimum Gasteiger partial charge on any atom is -0.353 e. The van der Waals surface area contributed by atoms with Crippen LogP contribution in [0.5, 0.6) is 0 Å². The maximum atomic E-state index is 12.8. The Balaban J connectivity index is 1.30. The Morgan fingerprint density at radius 1 is 0.838 bits per heavy atom. The van der Waals surface area contributed by atoms with E-state index in [9.17, 15) is 9.59 Å². The van der Waals surface area contributed by atoms with Crippen LogP contribution in [0.25, 0.3) is 11.1 Å². The summed E-state index contributed by atoms with van der Waals surface area (Å²) >= 11 is 0. The molecule has 6 heteroatoms. The van der Waals surface area contributed by atoms with E-state index in [1.807, 2.05) is 72.8 Å². The smallest absolute Gasteiger partial charge is 0.319 e. The summed E-state index contributed by atoms with van der Waals surface area (Å²) in [5.41, 5.74) is 4.00. The summed E-state index contributed by atoms with van der Waals surface area (Å²) in [5.74, 6) is -0.141. The number of nitrogens with zero attached hydrogens (tertiary/aromatic N) is 1. The lowest BCUT2D eigenvalue weighted by Gasteiger charge is -2.16. The van der Waals surface area contributed by atoms with Crippen LogP contribution in [0.4, 0.5) is 10.5 Å². The number of carbonyl (C=O) groups excluding carboxylic acids is 2. The third-order valence-electron chi connectivity index (χ3n) is 6.49. The second kappa shape index (κ2) is 14.0. The molecule has 0 bridgehead atoms. The van der Waals surface area contributed by atoms with Crippen LogP contribution in [0.1, 0.15) is 24.8 Å². The van der Waals surface area contributed by atoms with E-state index in [4.69, 9.17) is 0 Å². The first-order valence-corrected chi connectivity index (χ1v) is 13.1. The monoisotopic (exact) mass is 496 g/mol. The summed E-state index contributed by atoms with van der Waals surface area (Å²) in [4.78, 5) is 27.6. The van der Waals surface area contributed by atoms with Gasteiger partial charge < -0.3 is 20.9 Å². The second-order valence-electron chi connectivity index (χ2n) is 9.39. The zero-order valence-corrected chi connectivity index (χ0v) is 21.2. The lowest BCUT2D eigenvalue weighted by molar-refractivity contribution is -0.116. The Kier molecular flexibility index (Phi) is 9.90. The molecule has 1 aliphatic heterocycles. The van der Waals surface area contributed by atoms with Crippen LogP contribution in [-0.2, 0) is 11.2 Å². The summed E-state index contributed by atoms with van der Waals surface area (Å²) in [6.07, 6.45) is 7.37. The van der Waals surface area contributed by atoms with Gasteiger partial charge in [-0.05, 0) is 74.1 Å². The highest BCUT2D eigenvalue weighted by Gasteiger charge is 2.12. The number of hydrogen-bond acceptors (Lipinski definition) is 3. The third-order valence-corrected chi connectivity index (χ3v) is 6.49. The van der Waals surface area contributed by atoms with Crippen molar-refractivity contribution in [2.45, 2.75) is 31.7 Å². The van der Waals surface area contributed by atoms with E-state index in [2.05, 4.69) is 33.0 Å². The van der Waals surface area contributed by atoms with Gasteiger partial charge in [-0.15, -0.1) is 0 Å². The standard InChI is InChI=1S/C31H36N4O2/c36-30(32-20-9-23-35-21-7-8-22-35)19-18-29(24-25-10-3-1-4-11-25)34-31(37)33-28-16-14-27(15-17-28)26-12-5-2-6-13-26/h1-6,10-19,29H,7-9,20-24H2,(H,32,36)(H2,33,34,37)/t29-/m1/s1. The van der Waals surface area contributed by atoms with Crippen LogP contribution in [-0.4, -0.2) is 49.1 Å². The minimum atomic E-state index is -0.332. The molecule has 37 heavy (non-hydrogen) atoms. The van der Waals surface area contributed by atoms with E-state index in [-0.39, 0.29) is 18.0 Å². The predicted molar refractivity (Wildman–Crippen MR) is 150 cm³/mol. The molecule has 0 unspecified atom stereocenters. The highest BCUT2D eigenvalue weighted by Crippen LogP contribution is 2.21. The van der Waals surface area contributed by atoms with E-state index >= 15 is 0 Å². The van der Waals surface area contributed by atoms with E-state index in [1.165, 1.54) is 32.0 Å². The molecule has 1 heterocycles. The van der Waals surface area contributed by atoms with Crippen LogP contribution in [0.2, 0.25) is 0 Å². The number of amides is 3. The number of likely N-dealkylation sites (tertiary alicyclic amines) is 1. The van der Waals surface area contributed by atoms with Gasteiger partial charge in [0.1, 0.15) is 0 Å². The van der Waals surface area contributed by atoms with Gasteiger partial charge in [-0.3, -0.25) is 4.79 Å². The maximum Gasteiger partial charge on any atom is 0.319 e. The minimum absolute atomic E-state index is 0.141. The maximum absolute atomic E-state index is 12.8. The van der Waals surface area contributed by atoms with Crippen LogP contribution >= 0.6 is 0 Å². The molecule has 0 spiro atoms. The van der Waals surface area contributed by atoms with Crippen molar-refractivity contribution in [1.82, 2.24) is 15.5 Å². The zero-order valence-electron chi connectivity index (χ0n) is 21.2. The van der Waals surface area contributed by atoms with E-state index in [1.54, 1.807) is 6.08 Å².